The SMILES string of the molecule is CNC(CCC1CCCO1)Cc1ccc2c(c1)CCC2. The van der Waals surface area contributed by atoms with Crippen molar-refractivity contribution < 1.29 is 4.74 Å². The molecule has 1 heterocycles. The van der Waals surface area contributed by atoms with Gasteiger partial charge < -0.3 is 10.1 Å². The van der Waals surface area contributed by atoms with E-state index >= 15 is 0 Å². The molecule has 0 spiro atoms. The Morgan fingerprint density at radius 2 is 2.15 bits per heavy atom. The Hall–Kier alpha value is -0.860. The topological polar surface area (TPSA) is 21.3 Å². The molecule has 2 atom stereocenters. The highest BCUT2D eigenvalue weighted by molar-refractivity contribution is 5.35. The maximum Gasteiger partial charge on any atom is 0.0576 e. The summed E-state index contributed by atoms with van der Waals surface area (Å²) in [7, 11) is 2.09. The van der Waals surface area contributed by atoms with E-state index in [1.165, 1.54) is 50.5 Å². The molecule has 0 radical (unpaired) electrons. The molecule has 0 aromatic heterocycles. The Morgan fingerprint density at radius 3 is 2.95 bits per heavy atom. The quantitative estimate of drug-likeness (QED) is 0.859. The molecule has 1 N–H and O–H groups in total. The van der Waals surface area contributed by atoms with Gasteiger partial charge in [-0.05, 0) is 75.1 Å². The van der Waals surface area contributed by atoms with Crippen LogP contribution in [-0.4, -0.2) is 25.8 Å². The van der Waals surface area contributed by atoms with E-state index in [0.717, 1.165) is 13.0 Å². The van der Waals surface area contributed by atoms with Gasteiger partial charge in [0.1, 0.15) is 0 Å². The fourth-order valence-corrected chi connectivity index (χ4v) is 3.64. The van der Waals surface area contributed by atoms with Crippen molar-refractivity contribution >= 4 is 0 Å². The van der Waals surface area contributed by atoms with Gasteiger partial charge in [0.25, 0.3) is 0 Å². The lowest BCUT2D eigenvalue weighted by molar-refractivity contribution is 0.0998. The first-order valence-electron chi connectivity index (χ1n) is 8.24. The third kappa shape index (κ3) is 3.42. The summed E-state index contributed by atoms with van der Waals surface area (Å²) in [4.78, 5) is 0. The fourth-order valence-electron chi connectivity index (χ4n) is 3.64. The molecular weight excluding hydrogens is 246 g/mol. The van der Waals surface area contributed by atoms with Crippen LogP contribution in [0.15, 0.2) is 18.2 Å². The van der Waals surface area contributed by atoms with Gasteiger partial charge in [0, 0.05) is 12.6 Å². The first-order valence-corrected chi connectivity index (χ1v) is 8.24. The normalized spacial score (nSPS) is 22.9. The molecule has 2 aliphatic rings. The van der Waals surface area contributed by atoms with Gasteiger partial charge in [-0.2, -0.15) is 0 Å². The molecule has 2 nitrogen and oxygen atoms in total. The van der Waals surface area contributed by atoms with Gasteiger partial charge in [0.15, 0.2) is 0 Å². The molecule has 1 saturated heterocycles. The lowest BCUT2D eigenvalue weighted by Crippen LogP contribution is -2.28. The lowest BCUT2D eigenvalue weighted by atomic mass is 9.97. The smallest absolute Gasteiger partial charge is 0.0576 e. The molecule has 20 heavy (non-hydrogen) atoms. The van der Waals surface area contributed by atoms with Gasteiger partial charge in [-0.1, -0.05) is 18.2 Å². The highest BCUT2D eigenvalue weighted by Gasteiger charge is 2.18. The summed E-state index contributed by atoms with van der Waals surface area (Å²) < 4.78 is 5.73. The molecule has 110 valence electrons. The number of hydrogen-bond acceptors (Lipinski definition) is 2. The molecule has 0 amide bonds. The Balaban J connectivity index is 1.54. The van der Waals surface area contributed by atoms with Crippen LogP contribution in [0.4, 0.5) is 0 Å². The van der Waals surface area contributed by atoms with Gasteiger partial charge >= 0.3 is 0 Å². The van der Waals surface area contributed by atoms with Gasteiger partial charge in [-0.3, -0.25) is 0 Å². The van der Waals surface area contributed by atoms with Gasteiger partial charge in [0.05, 0.1) is 6.10 Å². The van der Waals surface area contributed by atoms with Crippen molar-refractivity contribution in [2.45, 2.75) is 63.5 Å². The van der Waals surface area contributed by atoms with E-state index in [9.17, 15) is 0 Å². The number of benzene rings is 1. The molecule has 1 aromatic carbocycles. The van der Waals surface area contributed by atoms with Crippen molar-refractivity contribution in [1.29, 1.82) is 0 Å². The molecule has 2 unspecified atom stereocenters. The van der Waals surface area contributed by atoms with E-state index in [-0.39, 0.29) is 0 Å². The third-order valence-corrected chi connectivity index (χ3v) is 4.91. The number of aryl methyl sites for hydroxylation is 2. The van der Waals surface area contributed by atoms with Crippen LogP contribution in [0.5, 0.6) is 0 Å². The number of likely N-dealkylation sites (N-methyl/N-ethyl adjacent to an activating group) is 1. The van der Waals surface area contributed by atoms with Gasteiger partial charge in [-0.15, -0.1) is 0 Å². The maximum atomic E-state index is 5.73. The molecule has 1 aliphatic carbocycles. The van der Waals surface area contributed by atoms with E-state index in [2.05, 4.69) is 30.6 Å². The summed E-state index contributed by atoms with van der Waals surface area (Å²) in [5.74, 6) is 0. The molecule has 0 bridgehead atoms. The summed E-state index contributed by atoms with van der Waals surface area (Å²) in [5.41, 5.74) is 4.67. The molecular formula is C18H27NO. The Labute approximate surface area is 122 Å². The Morgan fingerprint density at radius 1 is 1.25 bits per heavy atom. The van der Waals surface area contributed by atoms with Crippen molar-refractivity contribution in [3.63, 3.8) is 0 Å². The average Bonchev–Trinajstić information content (AvgIpc) is 3.13. The number of ether oxygens (including phenoxy) is 1. The van der Waals surface area contributed by atoms with Crippen LogP contribution in [0.1, 0.15) is 48.8 Å². The minimum Gasteiger partial charge on any atom is -0.378 e. The summed E-state index contributed by atoms with van der Waals surface area (Å²) in [6.45, 7) is 0.972. The zero-order chi connectivity index (χ0) is 13.8. The van der Waals surface area contributed by atoms with Crippen molar-refractivity contribution in [2.24, 2.45) is 0 Å². The van der Waals surface area contributed by atoms with Gasteiger partial charge in [-0.25, -0.2) is 0 Å². The minimum atomic E-state index is 0.519. The van der Waals surface area contributed by atoms with Gasteiger partial charge in [0.2, 0.25) is 0 Å². The van der Waals surface area contributed by atoms with Crippen LogP contribution in [0, 0.1) is 0 Å². The number of rotatable bonds is 6. The maximum absolute atomic E-state index is 5.73. The highest BCUT2D eigenvalue weighted by Crippen LogP contribution is 2.24. The summed E-state index contributed by atoms with van der Waals surface area (Å²) >= 11 is 0. The molecule has 1 fully saturated rings. The van der Waals surface area contributed by atoms with E-state index < -0.39 is 0 Å². The van der Waals surface area contributed by atoms with E-state index in [0.29, 0.717) is 12.1 Å². The largest absolute Gasteiger partial charge is 0.378 e. The second-order valence-corrected chi connectivity index (χ2v) is 6.36. The summed E-state index contributed by atoms with van der Waals surface area (Å²) in [6, 6.07) is 7.71. The van der Waals surface area contributed by atoms with Crippen molar-refractivity contribution in [3.05, 3.63) is 34.9 Å². The second-order valence-electron chi connectivity index (χ2n) is 6.36. The van der Waals surface area contributed by atoms with E-state index in [4.69, 9.17) is 4.74 Å². The van der Waals surface area contributed by atoms with Crippen LogP contribution in [-0.2, 0) is 24.0 Å². The molecule has 2 heteroatoms. The van der Waals surface area contributed by atoms with Crippen LogP contribution >= 0.6 is 0 Å². The summed E-state index contributed by atoms with van der Waals surface area (Å²) in [6.07, 6.45) is 10.5. The molecule has 3 rings (SSSR count). The standard InChI is InChI=1S/C18H27NO/c1-19-17(9-10-18-6-3-11-20-18)13-14-7-8-15-4-2-5-16(15)12-14/h7-8,12,17-19H,2-6,9-11,13H2,1H3. The number of fused-ring (bicyclic) bond motifs is 1. The van der Waals surface area contributed by atoms with E-state index in [1.54, 1.807) is 11.1 Å². The zero-order valence-corrected chi connectivity index (χ0v) is 12.7. The third-order valence-electron chi connectivity index (χ3n) is 4.91. The van der Waals surface area contributed by atoms with Crippen LogP contribution in [0.25, 0.3) is 0 Å². The monoisotopic (exact) mass is 273 g/mol. The predicted molar refractivity (Wildman–Crippen MR) is 83.2 cm³/mol. The van der Waals surface area contributed by atoms with E-state index in [1.807, 2.05) is 0 Å². The summed E-state index contributed by atoms with van der Waals surface area (Å²) in [5, 5.41) is 3.49. The lowest BCUT2D eigenvalue weighted by Gasteiger charge is -2.19. The Bertz CT molecular complexity index is 437. The first-order chi connectivity index (χ1) is 9.85. The number of hydrogen-bond donors (Lipinski definition) is 1. The minimum absolute atomic E-state index is 0.519. The van der Waals surface area contributed by atoms with Crippen LogP contribution < -0.4 is 5.32 Å². The second kappa shape index (κ2) is 6.73. The van der Waals surface area contributed by atoms with Crippen molar-refractivity contribution in [3.8, 4) is 0 Å². The van der Waals surface area contributed by atoms with Crippen LogP contribution in [0.2, 0.25) is 0 Å². The molecule has 1 aliphatic heterocycles. The van der Waals surface area contributed by atoms with Crippen molar-refractivity contribution in [1.82, 2.24) is 5.32 Å². The Kier molecular flexibility index (Phi) is 4.74. The van der Waals surface area contributed by atoms with Crippen molar-refractivity contribution in [2.75, 3.05) is 13.7 Å². The average molecular weight is 273 g/mol. The highest BCUT2D eigenvalue weighted by atomic mass is 16.5. The van der Waals surface area contributed by atoms with Crippen LogP contribution in [0.3, 0.4) is 0 Å². The predicted octanol–water partition coefficient (Wildman–Crippen LogP) is 3.27. The zero-order valence-electron chi connectivity index (χ0n) is 12.7. The fraction of sp³-hybridized carbons (Fsp3) is 0.667. The number of nitrogens with one attached hydrogen (secondary N) is 1. The molecule has 0 saturated carbocycles. The molecule has 1 aromatic rings. The first kappa shape index (κ1) is 14.1.